The summed E-state index contributed by atoms with van der Waals surface area (Å²) in [5, 5.41) is 11.0. The summed E-state index contributed by atoms with van der Waals surface area (Å²) in [6.07, 6.45) is 0. The Morgan fingerprint density at radius 2 is 2.38 bits per heavy atom. The molecule has 21 heavy (non-hydrogen) atoms. The minimum absolute atomic E-state index is 0.0172. The third-order valence-electron chi connectivity index (χ3n) is 2.23. The number of nitrogens with zero attached hydrogens (tertiary/aromatic N) is 2. The molecule has 0 aliphatic carbocycles. The van der Waals surface area contributed by atoms with Crippen molar-refractivity contribution >= 4 is 45.1 Å². The van der Waals surface area contributed by atoms with Gasteiger partial charge in [-0.1, -0.05) is 11.8 Å². The van der Waals surface area contributed by atoms with Gasteiger partial charge in [0.1, 0.15) is 0 Å². The monoisotopic (exact) mass is 369 g/mol. The maximum absolute atomic E-state index is 11.9. The number of hydrogen-bond donors (Lipinski definition) is 3. The Bertz CT molecular complexity index is 779. The predicted octanol–water partition coefficient (Wildman–Crippen LogP) is 1.58. The molecule has 0 aliphatic rings. The van der Waals surface area contributed by atoms with Crippen LogP contribution in [0.1, 0.15) is 10.6 Å². The van der Waals surface area contributed by atoms with Crippen molar-refractivity contribution in [1.82, 2.24) is 9.97 Å². The Morgan fingerprint density at radius 1 is 1.62 bits per heavy atom. The van der Waals surface area contributed by atoms with E-state index in [9.17, 15) is 9.59 Å². The summed E-state index contributed by atoms with van der Waals surface area (Å²) in [4.78, 5) is 30.1. The number of H-pyrrole nitrogens is 1. The molecule has 0 aliphatic heterocycles. The SMILES string of the molecule is N#CCSc1nc(N)c(NC(=O)c2ccc(Br)o2)c(=O)[nH]1. The number of furan rings is 1. The number of carbonyl (C=O) groups excluding carboxylic acids is 1. The van der Waals surface area contributed by atoms with Crippen LogP contribution in [0.4, 0.5) is 11.5 Å². The van der Waals surface area contributed by atoms with Gasteiger partial charge in [0, 0.05) is 0 Å². The van der Waals surface area contributed by atoms with Crippen LogP contribution in [0.3, 0.4) is 0 Å². The lowest BCUT2D eigenvalue weighted by molar-refractivity contribution is 0.0995. The van der Waals surface area contributed by atoms with Gasteiger partial charge in [-0.05, 0) is 28.1 Å². The minimum Gasteiger partial charge on any atom is -0.444 e. The summed E-state index contributed by atoms with van der Waals surface area (Å²) in [6.45, 7) is 0. The summed E-state index contributed by atoms with van der Waals surface area (Å²) < 4.78 is 5.45. The molecule has 0 atom stereocenters. The molecule has 0 spiro atoms. The van der Waals surface area contributed by atoms with Gasteiger partial charge in [-0.15, -0.1) is 0 Å². The number of nitrogen functional groups attached to an aromatic ring is 1. The van der Waals surface area contributed by atoms with E-state index in [0.717, 1.165) is 11.8 Å². The smallest absolute Gasteiger partial charge is 0.291 e. The molecule has 0 aromatic carbocycles. The van der Waals surface area contributed by atoms with Crippen molar-refractivity contribution in [3.63, 3.8) is 0 Å². The second-order valence-electron chi connectivity index (χ2n) is 3.64. The zero-order valence-corrected chi connectivity index (χ0v) is 12.7. The normalized spacial score (nSPS) is 10.1. The van der Waals surface area contributed by atoms with E-state index in [1.54, 1.807) is 6.07 Å². The quantitative estimate of drug-likeness (QED) is 0.549. The van der Waals surface area contributed by atoms with E-state index >= 15 is 0 Å². The predicted molar refractivity (Wildman–Crippen MR) is 80.0 cm³/mol. The maximum atomic E-state index is 11.9. The summed E-state index contributed by atoms with van der Waals surface area (Å²) in [6, 6.07) is 4.88. The Hall–Kier alpha value is -2.25. The number of nitriles is 1. The second-order valence-corrected chi connectivity index (χ2v) is 5.38. The van der Waals surface area contributed by atoms with Crippen molar-refractivity contribution in [2.75, 3.05) is 16.8 Å². The summed E-state index contributed by atoms with van der Waals surface area (Å²) >= 11 is 4.10. The van der Waals surface area contributed by atoms with Gasteiger partial charge in [0.2, 0.25) is 0 Å². The van der Waals surface area contributed by atoms with Crippen LogP contribution in [0.15, 0.2) is 31.2 Å². The van der Waals surface area contributed by atoms with Crippen LogP contribution < -0.4 is 16.6 Å². The number of aromatic nitrogens is 2. The molecule has 8 nitrogen and oxygen atoms in total. The Balaban J connectivity index is 2.23. The Kier molecular flexibility index (Phi) is 4.66. The molecule has 0 saturated heterocycles. The van der Waals surface area contributed by atoms with E-state index in [-0.39, 0.29) is 28.2 Å². The number of hydrogen-bond acceptors (Lipinski definition) is 7. The lowest BCUT2D eigenvalue weighted by Crippen LogP contribution is -2.22. The highest BCUT2D eigenvalue weighted by Gasteiger charge is 2.16. The highest BCUT2D eigenvalue weighted by molar-refractivity contribution is 9.10. The number of anilines is 2. The number of aromatic amines is 1. The average Bonchev–Trinajstić information content (AvgIpc) is 2.87. The highest BCUT2D eigenvalue weighted by Crippen LogP contribution is 2.18. The summed E-state index contributed by atoms with van der Waals surface area (Å²) in [5.41, 5.74) is 4.86. The number of rotatable bonds is 4. The van der Waals surface area contributed by atoms with Gasteiger partial charge in [0.25, 0.3) is 11.5 Å². The van der Waals surface area contributed by atoms with Crippen LogP contribution in [0.5, 0.6) is 0 Å². The molecule has 2 rings (SSSR count). The van der Waals surface area contributed by atoms with Crippen molar-refractivity contribution in [3.8, 4) is 6.07 Å². The van der Waals surface area contributed by atoms with Crippen molar-refractivity contribution in [2.24, 2.45) is 0 Å². The van der Waals surface area contributed by atoms with Crippen molar-refractivity contribution < 1.29 is 9.21 Å². The van der Waals surface area contributed by atoms with E-state index in [1.807, 2.05) is 6.07 Å². The first kappa shape index (κ1) is 15.1. The van der Waals surface area contributed by atoms with Gasteiger partial charge in [-0.3, -0.25) is 14.6 Å². The number of nitrogens with two attached hydrogens (primary N) is 1. The molecule has 0 bridgehead atoms. The van der Waals surface area contributed by atoms with E-state index in [4.69, 9.17) is 15.4 Å². The molecule has 108 valence electrons. The molecule has 0 radical (unpaired) electrons. The number of amides is 1. The molecule has 2 aromatic rings. The molecular formula is C11H8BrN5O3S. The number of thioether (sulfide) groups is 1. The first-order chi connectivity index (χ1) is 10.0. The van der Waals surface area contributed by atoms with Crippen molar-refractivity contribution in [2.45, 2.75) is 5.16 Å². The standard InChI is InChI=1S/C11H8BrN5O3S/c12-6-2-1-5(20-6)9(18)15-7-8(14)16-11(17-10(7)19)21-4-3-13/h1-2H,4H2,(H,15,18)(H3,14,16,17,19). The first-order valence-corrected chi connectivity index (χ1v) is 7.25. The first-order valence-electron chi connectivity index (χ1n) is 5.47. The van der Waals surface area contributed by atoms with Gasteiger partial charge in [-0.2, -0.15) is 5.26 Å². The highest BCUT2D eigenvalue weighted by atomic mass is 79.9. The topological polar surface area (TPSA) is 138 Å². The van der Waals surface area contributed by atoms with Gasteiger partial charge >= 0.3 is 0 Å². The zero-order chi connectivity index (χ0) is 15.4. The fraction of sp³-hybridized carbons (Fsp3) is 0.0909. The molecule has 2 heterocycles. The Labute approximate surface area is 130 Å². The van der Waals surface area contributed by atoms with Crippen LogP contribution in [0.25, 0.3) is 0 Å². The summed E-state index contributed by atoms with van der Waals surface area (Å²) in [7, 11) is 0. The molecular weight excluding hydrogens is 362 g/mol. The van der Waals surface area contributed by atoms with Gasteiger partial charge < -0.3 is 15.5 Å². The summed E-state index contributed by atoms with van der Waals surface area (Å²) in [5.74, 6) is -0.631. The van der Waals surface area contributed by atoms with Crippen molar-refractivity contribution in [3.05, 3.63) is 32.9 Å². The van der Waals surface area contributed by atoms with E-state index < -0.39 is 11.5 Å². The van der Waals surface area contributed by atoms with Crippen LogP contribution in [-0.4, -0.2) is 21.6 Å². The second kappa shape index (κ2) is 6.47. The van der Waals surface area contributed by atoms with E-state index in [1.165, 1.54) is 6.07 Å². The van der Waals surface area contributed by atoms with Crippen LogP contribution in [0.2, 0.25) is 0 Å². The average molecular weight is 370 g/mol. The third-order valence-corrected chi connectivity index (χ3v) is 3.40. The molecule has 4 N–H and O–H groups in total. The minimum atomic E-state index is -0.628. The van der Waals surface area contributed by atoms with Crippen molar-refractivity contribution in [1.29, 1.82) is 5.26 Å². The molecule has 0 saturated carbocycles. The van der Waals surface area contributed by atoms with Gasteiger partial charge in [0.15, 0.2) is 27.1 Å². The third kappa shape index (κ3) is 3.65. The largest absolute Gasteiger partial charge is 0.444 e. The number of halogens is 1. The lowest BCUT2D eigenvalue weighted by atomic mass is 10.4. The molecule has 10 heteroatoms. The maximum Gasteiger partial charge on any atom is 0.291 e. The van der Waals surface area contributed by atoms with Crippen LogP contribution >= 0.6 is 27.7 Å². The number of carbonyl (C=O) groups is 1. The molecule has 2 aromatic heterocycles. The van der Waals surface area contributed by atoms with Gasteiger partial charge in [0.05, 0.1) is 11.8 Å². The fourth-order valence-electron chi connectivity index (χ4n) is 1.37. The van der Waals surface area contributed by atoms with Crippen LogP contribution in [0, 0.1) is 11.3 Å². The molecule has 0 fully saturated rings. The lowest BCUT2D eigenvalue weighted by Gasteiger charge is -2.06. The molecule has 1 amide bonds. The van der Waals surface area contributed by atoms with Crippen LogP contribution in [-0.2, 0) is 0 Å². The fourth-order valence-corrected chi connectivity index (χ4v) is 2.21. The van der Waals surface area contributed by atoms with E-state index in [0.29, 0.717) is 4.67 Å². The Morgan fingerprint density at radius 3 is 2.95 bits per heavy atom. The molecule has 0 unspecified atom stereocenters. The zero-order valence-electron chi connectivity index (χ0n) is 10.3. The number of nitrogens with one attached hydrogen (secondary N) is 2. The van der Waals surface area contributed by atoms with Gasteiger partial charge in [-0.25, -0.2) is 4.98 Å². The van der Waals surface area contributed by atoms with E-state index in [2.05, 4.69) is 31.2 Å².